The van der Waals surface area contributed by atoms with Gasteiger partial charge in [-0.1, -0.05) is 92.6 Å². The first-order valence-electron chi connectivity index (χ1n) is 14.1. The molecule has 0 aliphatic rings. The Morgan fingerprint density at radius 1 is 0.743 bits per heavy atom. The average Bonchev–Trinajstić information content (AvgIpc) is 2.91. The van der Waals surface area contributed by atoms with Gasteiger partial charge in [0.1, 0.15) is 6.29 Å². The summed E-state index contributed by atoms with van der Waals surface area (Å²) in [5.74, 6) is 0.153. The molecule has 0 heterocycles. The molecule has 0 aliphatic carbocycles. The molecule has 0 radical (unpaired) electrons. The van der Waals surface area contributed by atoms with Crippen molar-refractivity contribution in [3.05, 3.63) is 35.9 Å². The molecule has 0 fully saturated rings. The van der Waals surface area contributed by atoms with Crippen molar-refractivity contribution in [2.45, 2.75) is 117 Å². The Bertz CT molecular complexity index is 675. The second kappa shape index (κ2) is 16.1. The van der Waals surface area contributed by atoms with Gasteiger partial charge < -0.3 is 18.4 Å². The fraction of sp³-hybridized carbons (Fsp3) is 0.759. The van der Waals surface area contributed by atoms with Crippen molar-refractivity contribution in [3.63, 3.8) is 0 Å². The van der Waals surface area contributed by atoms with Crippen LogP contribution in [0.15, 0.2) is 30.3 Å². The molecule has 0 saturated carbocycles. The third-order valence-electron chi connectivity index (χ3n) is 8.46. The highest BCUT2D eigenvalue weighted by Gasteiger charge is 2.43. The van der Waals surface area contributed by atoms with Crippen molar-refractivity contribution >= 4 is 22.9 Å². The molecule has 1 aromatic rings. The summed E-state index contributed by atoms with van der Waals surface area (Å²) in [4.78, 5) is 12.1. The molecule has 35 heavy (non-hydrogen) atoms. The Kier molecular flexibility index (Phi) is 14.9. The molecule has 0 aromatic heterocycles. The molecule has 202 valence electrons. The van der Waals surface area contributed by atoms with Gasteiger partial charge in [-0.05, 0) is 41.8 Å². The van der Waals surface area contributed by atoms with Gasteiger partial charge in [0.15, 0.2) is 16.6 Å². The van der Waals surface area contributed by atoms with Crippen LogP contribution in [0.4, 0.5) is 0 Å². The predicted octanol–water partition coefficient (Wildman–Crippen LogP) is 8.09. The molecule has 0 amide bonds. The molecule has 0 unspecified atom stereocenters. The summed E-state index contributed by atoms with van der Waals surface area (Å²) in [6.45, 7) is 21.4. The number of aldehydes is 1. The third-order valence-corrected chi connectivity index (χ3v) is 17.7. The van der Waals surface area contributed by atoms with Crippen molar-refractivity contribution in [2.75, 3.05) is 6.61 Å². The fourth-order valence-electron chi connectivity index (χ4n) is 5.31. The summed E-state index contributed by atoms with van der Waals surface area (Å²) < 4.78 is 20.4. The van der Waals surface area contributed by atoms with Gasteiger partial charge in [0.05, 0.1) is 25.4 Å². The van der Waals surface area contributed by atoms with Crippen LogP contribution in [-0.2, 0) is 25.0 Å². The Labute approximate surface area is 218 Å². The van der Waals surface area contributed by atoms with E-state index in [1.165, 1.54) is 5.56 Å². The highest BCUT2D eigenvalue weighted by atomic mass is 28.4. The topological polar surface area (TPSA) is 44.8 Å². The summed E-state index contributed by atoms with van der Waals surface area (Å²) in [6, 6.07) is 16.9. The minimum absolute atomic E-state index is 0.00181. The van der Waals surface area contributed by atoms with Crippen LogP contribution >= 0.6 is 0 Å². The van der Waals surface area contributed by atoms with Crippen molar-refractivity contribution in [1.82, 2.24) is 0 Å². The smallest absolute Gasteiger partial charge is 0.192 e. The maximum absolute atomic E-state index is 12.1. The zero-order valence-electron chi connectivity index (χ0n) is 24.1. The van der Waals surface area contributed by atoms with Crippen LogP contribution in [0, 0.1) is 17.8 Å². The van der Waals surface area contributed by atoms with Crippen LogP contribution in [0.5, 0.6) is 0 Å². The molecule has 0 bridgehead atoms. The Balaban J connectivity index is 3.23. The molecule has 0 spiro atoms. The lowest BCUT2D eigenvalue weighted by Gasteiger charge is -2.44. The monoisotopic (exact) mass is 522 g/mol. The summed E-state index contributed by atoms with van der Waals surface area (Å²) >= 11 is 0. The van der Waals surface area contributed by atoms with E-state index < -0.39 is 16.6 Å². The third kappa shape index (κ3) is 9.22. The molecule has 6 heteroatoms. The van der Waals surface area contributed by atoms with Crippen molar-refractivity contribution in [2.24, 2.45) is 17.8 Å². The first-order chi connectivity index (χ1) is 16.7. The summed E-state index contributed by atoms with van der Waals surface area (Å²) in [5.41, 5.74) is 1.19. The van der Waals surface area contributed by atoms with E-state index in [1.807, 2.05) is 25.1 Å². The van der Waals surface area contributed by atoms with Crippen LogP contribution in [0.25, 0.3) is 0 Å². The van der Waals surface area contributed by atoms with E-state index in [2.05, 4.69) is 67.5 Å². The Hall–Kier alpha value is -0.796. The largest absolute Gasteiger partial charge is 0.413 e. The number of carbonyl (C=O) groups excluding carboxylic acids is 1. The van der Waals surface area contributed by atoms with Crippen LogP contribution in [0.3, 0.4) is 0 Å². The van der Waals surface area contributed by atoms with Gasteiger partial charge in [-0.3, -0.25) is 0 Å². The maximum atomic E-state index is 12.1. The zero-order valence-corrected chi connectivity index (χ0v) is 26.1. The van der Waals surface area contributed by atoms with E-state index in [0.29, 0.717) is 13.2 Å². The maximum Gasteiger partial charge on any atom is 0.192 e. The van der Waals surface area contributed by atoms with E-state index >= 15 is 0 Å². The quantitative estimate of drug-likeness (QED) is 0.136. The van der Waals surface area contributed by atoms with Gasteiger partial charge in [-0.2, -0.15) is 0 Å². The van der Waals surface area contributed by atoms with Crippen molar-refractivity contribution < 1.29 is 18.4 Å². The molecule has 1 rings (SSSR count). The van der Waals surface area contributed by atoms with E-state index in [4.69, 9.17) is 13.6 Å². The summed E-state index contributed by atoms with van der Waals surface area (Å²) in [7, 11) is -3.76. The number of hydrogen-bond acceptors (Lipinski definition) is 4. The predicted molar refractivity (Wildman–Crippen MR) is 154 cm³/mol. The number of hydrogen-bond donors (Lipinski definition) is 0. The molecule has 5 atom stereocenters. The summed E-state index contributed by atoms with van der Waals surface area (Å²) in [6.07, 6.45) is 0.957. The lowest BCUT2D eigenvalue weighted by Crippen LogP contribution is -2.52. The van der Waals surface area contributed by atoms with Crippen LogP contribution in [0.2, 0.25) is 36.3 Å². The highest BCUT2D eigenvalue weighted by molar-refractivity contribution is 6.74. The molecular weight excluding hydrogens is 468 g/mol. The van der Waals surface area contributed by atoms with Gasteiger partial charge in [0, 0.05) is 17.8 Å². The van der Waals surface area contributed by atoms with Crippen LogP contribution in [-0.4, -0.2) is 41.7 Å². The molecule has 0 aliphatic heterocycles. The SMILES string of the molecule is CC[Si](CC)(CC)O[C@H]([C@H](C)[C@@H](O[Si](CC)(CC)CC)[C@@H](C)COCc1ccccc1)[C@H](C)C=O. The van der Waals surface area contributed by atoms with E-state index in [9.17, 15) is 4.79 Å². The number of rotatable bonds is 19. The van der Waals surface area contributed by atoms with Crippen LogP contribution in [0.1, 0.15) is 67.9 Å². The first-order valence-corrected chi connectivity index (χ1v) is 19.2. The van der Waals surface area contributed by atoms with E-state index in [1.54, 1.807) is 0 Å². The van der Waals surface area contributed by atoms with E-state index in [-0.39, 0.29) is 30.0 Å². The van der Waals surface area contributed by atoms with Crippen molar-refractivity contribution in [3.8, 4) is 0 Å². The minimum atomic E-state index is -1.89. The average molecular weight is 523 g/mol. The Morgan fingerprint density at radius 3 is 1.63 bits per heavy atom. The molecule has 4 nitrogen and oxygen atoms in total. The van der Waals surface area contributed by atoms with Crippen molar-refractivity contribution in [1.29, 1.82) is 0 Å². The minimum Gasteiger partial charge on any atom is -0.413 e. The second-order valence-electron chi connectivity index (χ2n) is 10.5. The fourth-order valence-corrected chi connectivity index (χ4v) is 11.3. The standard InChI is InChI=1S/C29H54O4Si2/c1-10-34(11-2,12-3)32-28(24(7)21-30)26(9)29(33-35(13-4,14-5)15-6)25(8)22-31-23-27-19-17-16-18-20-27/h16-21,24-26,28-29H,10-15,22-23H2,1-9H3/t24-,25+,26+,28+,29+/m1/s1. The van der Waals surface area contributed by atoms with Crippen LogP contribution < -0.4 is 0 Å². The number of carbonyl (C=O) groups is 1. The number of ether oxygens (including phenoxy) is 1. The molecular formula is C29H54O4Si2. The van der Waals surface area contributed by atoms with Gasteiger partial charge in [0.25, 0.3) is 0 Å². The van der Waals surface area contributed by atoms with Gasteiger partial charge in [-0.15, -0.1) is 0 Å². The summed E-state index contributed by atoms with van der Waals surface area (Å²) in [5, 5.41) is 0. The number of benzene rings is 1. The molecule has 0 saturated heterocycles. The zero-order chi connectivity index (χ0) is 26.5. The van der Waals surface area contributed by atoms with Gasteiger partial charge in [-0.25, -0.2) is 0 Å². The lowest BCUT2D eigenvalue weighted by atomic mass is 9.85. The molecule has 1 aromatic carbocycles. The van der Waals surface area contributed by atoms with E-state index in [0.717, 1.165) is 42.6 Å². The normalized spacial score (nSPS) is 16.9. The van der Waals surface area contributed by atoms with Gasteiger partial charge in [0.2, 0.25) is 0 Å². The Morgan fingerprint density at radius 2 is 1.20 bits per heavy atom. The molecule has 0 N–H and O–H groups in total. The first kappa shape index (κ1) is 32.2. The van der Waals surface area contributed by atoms with Gasteiger partial charge >= 0.3 is 0 Å². The second-order valence-corrected chi connectivity index (χ2v) is 19.9. The lowest BCUT2D eigenvalue weighted by molar-refractivity contribution is -0.116. The highest BCUT2D eigenvalue weighted by Crippen LogP contribution is 2.35.